The van der Waals surface area contributed by atoms with E-state index in [4.69, 9.17) is 27.9 Å². The molecule has 1 aromatic carbocycles. The van der Waals surface area contributed by atoms with Crippen molar-refractivity contribution < 1.29 is 9.84 Å². The first kappa shape index (κ1) is 14.5. The van der Waals surface area contributed by atoms with Crippen molar-refractivity contribution in [1.82, 2.24) is 0 Å². The van der Waals surface area contributed by atoms with E-state index in [-0.39, 0.29) is 17.3 Å². The predicted molar refractivity (Wildman–Crippen MR) is 77.7 cm³/mol. The molecule has 0 bridgehead atoms. The highest BCUT2D eigenvalue weighted by atomic mass is 35.5. The van der Waals surface area contributed by atoms with Crippen LogP contribution in [0.1, 0.15) is 17.7 Å². The van der Waals surface area contributed by atoms with Gasteiger partial charge in [-0.3, -0.25) is 0 Å². The van der Waals surface area contributed by atoms with Crippen LogP contribution in [-0.2, 0) is 4.74 Å². The molecule has 0 saturated carbocycles. The molecule has 0 amide bonds. The smallest absolute Gasteiger partial charge is 0.0575 e. The van der Waals surface area contributed by atoms with Crippen LogP contribution in [0.4, 0.5) is 0 Å². The number of aliphatic hydroxyl groups excluding tert-OH is 1. The molecule has 2 nitrogen and oxygen atoms in total. The molecule has 1 saturated heterocycles. The van der Waals surface area contributed by atoms with Gasteiger partial charge < -0.3 is 9.84 Å². The van der Waals surface area contributed by atoms with Crippen molar-refractivity contribution in [3.8, 4) is 0 Å². The summed E-state index contributed by atoms with van der Waals surface area (Å²) in [6.45, 7) is 3.60. The molecule has 0 unspecified atom stereocenters. The van der Waals surface area contributed by atoms with Gasteiger partial charge in [0.25, 0.3) is 0 Å². The van der Waals surface area contributed by atoms with Gasteiger partial charge in [-0.05, 0) is 24.6 Å². The van der Waals surface area contributed by atoms with E-state index in [9.17, 15) is 5.11 Å². The molecule has 2 rings (SSSR count). The second-order valence-electron chi connectivity index (χ2n) is 4.77. The highest BCUT2D eigenvalue weighted by molar-refractivity contribution is 7.99. The van der Waals surface area contributed by atoms with Crippen molar-refractivity contribution >= 4 is 35.0 Å². The monoisotopic (exact) mass is 306 g/mol. The van der Waals surface area contributed by atoms with Crippen LogP contribution in [0.2, 0.25) is 10.0 Å². The van der Waals surface area contributed by atoms with Gasteiger partial charge in [0.05, 0.1) is 19.8 Å². The third-order valence-corrected chi connectivity index (χ3v) is 5.29. The molecule has 100 valence electrons. The minimum absolute atomic E-state index is 0.0577. The van der Waals surface area contributed by atoms with Crippen molar-refractivity contribution in [2.24, 2.45) is 5.41 Å². The molecule has 0 spiro atoms. The molecule has 1 atom stereocenters. The van der Waals surface area contributed by atoms with Crippen LogP contribution in [0.3, 0.4) is 0 Å². The molecule has 1 aliphatic rings. The van der Waals surface area contributed by atoms with Crippen molar-refractivity contribution in [3.05, 3.63) is 33.8 Å². The second kappa shape index (κ2) is 6.02. The van der Waals surface area contributed by atoms with Gasteiger partial charge in [-0.2, -0.15) is 11.8 Å². The van der Waals surface area contributed by atoms with E-state index in [0.717, 1.165) is 11.3 Å². The van der Waals surface area contributed by atoms with Gasteiger partial charge in [-0.25, -0.2) is 0 Å². The molecule has 1 aliphatic heterocycles. The summed E-state index contributed by atoms with van der Waals surface area (Å²) in [7, 11) is 0. The van der Waals surface area contributed by atoms with E-state index in [2.05, 4.69) is 6.92 Å². The number of ether oxygens (including phenoxy) is 1. The number of aliphatic hydroxyl groups is 1. The van der Waals surface area contributed by atoms with Gasteiger partial charge in [0.2, 0.25) is 0 Å². The van der Waals surface area contributed by atoms with Crippen molar-refractivity contribution in [2.45, 2.75) is 12.2 Å². The number of benzene rings is 1. The first-order valence-electron chi connectivity index (χ1n) is 5.81. The maximum absolute atomic E-state index is 9.37. The van der Waals surface area contributed by atoms with Gasteiger partial charge in [-0.15, -0.1) is 0 Å². The Hall–Kier alpha value is 0.0700. The summed E-state index contributed by atoms with van der Waals surface area (Å²) in [6, 6.07) is 5.59. The number of thioether (sulfide) groups is 1. The zero-order chi connectivity index (χ0) is 13.2. The van der Waals surface area contributed by atoms with E-state index in [1.165, 1.54) is 0 Å². The Morgan fingerprint density at radius 3 is 2.67 bits per heavy atom. The maximum Gasteiger partial charge on any atom is 0.0575 e. The Bertz CT molecular complexity index is 416. The second-order valence-corrected chi connectivity index (χ2v) is 6.94. The third-order valence-electron chi connectivity index (χ3n) is 3.19. The quantitative estimate of drug-likeness (QED) is 0.897. The molecule has 1 aromatic rings. The lowest BCUT2D eigenvalue weighted by atomic mass is 9.90. The van der Waals surface area contributed by atoms with Crippen LogP contribution < -0.4 is 0 Å². The zero-order valence-corrected chi connectivity index (χ0v) is 12.5. The third kappa shape index (κ3) is 3.14. The fraction of sp³-hybridized carbons (Fsp3) is 0.538. The standard InChI is InChI=1S/C13H16Cl2O2S/c1-9(11-3-2-10(14)4-12(11)15)18-8-13(5-16)6-17-7-13/h2-4,9,16H,5-8H2,1H3/t9-/m1/s1. The highest BCUT2D eigenvalue weighted by Gasteiger charge is 2.38. The lowest BCUT2D eigenvalue weighted by Gasteiger charge is -2.40. The summed E-state index contributed by atoms with van der Waals surface area (Å²) in [5.74, 6) is 0.879. The summed E-state index contributed by atoms with van der Waals surface area (Å²) >= 11 is 13.9. The molecular formula is C13H16Cl2O2S. The molecule has 18 heavy (non-hydrogen) atoms. The van der Waals surface area contributed by atoms with Gasteiger partial charge in [0.1, 0.15) is 0 Å². The Morgan fingerprint density at radius 2 is 2.17 bits per heavy atom. The van der Waals surface area contributed by atoms with Gasteiger partial charge >= 0.3 is 0 Å². The molecule has 5 heteroatoms. The Labute approximate surface area is 122 Å². The summed E-state index contributed by atoms with van der Waals surface area (Å²) in [6.07, 6.45) is 0. The Kier molecular flexibility index (Phi) is 4.84. The van der Waals surface area contributed by atoms with E-state index in [1.807, 2.05) is 12.1 Å². The molecule has 1 fully saturated rings. The molecule has 0 radical (unpaired) electrons. The van der Waals surface area contributed by atoms with Crippen LogP contribution in [0, 0.1) is 5.41 Å². The van der Waals surface area contributed by atoms with Crippen LogP contribution >= 0.6 is 35.0 Å². The average Bonchev–Trinajstić information content (AvgIpc) is 2.27. The average molecular weight is 307 g/mol. The largest absolute Gasteiger partial charge is 0.396 e. The normalized spacial score (nSPS) is 19.3. The maximum atomic E-state index is 9.37. The topological polar surface area (TPSA) is 29.5 Å². The van der Waals surface area contributed by atoms with Crippen LogP contribution in [0.5, 0.6) is 0 Å². The van der Waals surface area contributed by atoms with Crippen molar-refractivity contribution in [2.75, 3.05) is 25.6 Å². The first-order valence-corrected chi connectivity index (χ1v) is 7.62. The van der Waals surface area contributed by atoms with E-state index in [1.54, 1.807) is 17.8 Å². The Balaban J connectivity index is 1.97. The van der Waals surface area contributed by atoms with Gasteiger partial charge in [0.15, 0.2) is 0 Å². The van der Waals surface area contributed by atoms with Crippen LogP contribution in [-0.4, -0.2) is 30.7 Å². The SMILES string of the molecule is C[C@@H](SCC1(CO)COC1)c1ccc(Cl)cc1Cl. The number of hydrogen-bond donors (Lipinski definition) is 1. The number of rotatable bonds is 5. The molecular weight excluding hydrogens is 291 g/mol. The van der Waals surface area contributed by atoms with Crippen LogP contribution in [0.25, 0.3) is 0 Å². The summed E-state index contributed by atoms with van der Waals surface area (Å²) in [4.78, 5) is 0. The van der Waals surface area contributed by atoms with Crippen molar-refractivity contribution in [1.29, 1.82) is 0 Å². The fourth-order valence-corrected chi connectivity index (χ4v) is 3.72. The number of hydrogen-bond acceptors (Lipinski definition) is 3. The molecule has 1 N–H and O–H groups in total. The summed E-state index contributed by atoms with van der Waals surface area (Å²) < 4.78 is 5.19. The summed E-state index contributed by atoms with van der Waals surface area (Å²) in [5, 5.41) is 11.0. The zero-order valence-electron chi connectivity index (χ0n) is 10.2. The van der Waals surface area contributed by atoms with Gasteiger partial charge in [0, 0.05) is 26.5 Å². The lowest BCUT2D eigenvalue weighted by molar-refractivity contribution is -0.121. The van der Waals surface area contributed by atoms with E-state index >= 15 is 0 Å². The minimum Gasteiger partial charge on any atom is -0.396 e. The molecule has 0 aromatic heterocycles. The summed E-state index contributed by atoms with van der Waals surface area (Å²) in [5.41, 5.74) is 1.03. The van der Waals surface area contributed by atoms with Gasteiger partial charge in [-0.1, -0.05) is 29.3 Å². The predicted octanol–water partition coefficient (Wildman–Crippen LogP) is 3.80. The molecule has 0 aliphatic carbocycles. The Morgan fingerprint density at radius 1 is 1.44 bits per heavy atom. The van der Waals surface area contributed by atoms with E-state index in [0.29, 0.717) is 23.3 Å². The number of halogens is 2. The fourth-order valence-electron chi connectivity index (χ4n) is 1.83. The van der Waals surface area contributed by atoms with Crippen molar-refractivity contribution in [3.63, 3.8) is 0 Å². The van der Waals surface area contributed by atoms with E-state index < -0.39 is 0 Å². The van der Waals surface area contributed by atoms with Crippen LogP contribution in [0.15, 0.2) is 18.2 Å². The highest BCUT2D eigenvalue weighted by Crippen LogP contribution is 2.39. The first-order chi connectivity index (χ1) is 8.56. The lowest BCUT2D eigenvalue weighted by Crippen LogP contribution is -2.47. The molecule has 1 heterocycles. The minimum atomic E-state index is -0.0577.